The van der Waals surface area contributed by atoms with Crippen LogP contribution in [-0.4, -0.2) is 17.4 Å². The van der Waals surface area contributed by atoms with Crippen LogP contribution in [0.25, 0.3) is 0 Å². The van der Waals surface area contributed by atoms with Gasteiger partial charge in [0.15, 0.2) is 0 Å². The lowest BCUT2D eigenvalue weighted by molar-refractivity contribution is 0.102. The summed E-state index contributed by atoms with van der Waals surface area (Å²) >= 11 is 2.87. The van der Waals surface area contributed by atoms with Gasteiger partial charge >= 0.3 is 0 Å². The van der Waals surface area contributed by atoms with Crippen molar-refractivity contribution in [2.45, 2.75) is 6.92 Å². The van der Waals surface area contributed by atoms with Gasteiger partial charge in [-0.15, -0.1) is 0 Å². The minimum Gasteiger partial charge on any atom is -0.370 e. The zero-order chi connectivity index (χ0) is 15.4. The molecule has 4 nitrogen and oxygen atoms in total. The van der Waals surface area contributed by atoms with Crippen LogP contribution in [0.4, 0.5) is 20.3 Å². The number of benzene rings is 1. The van der Waals surface area contributed by atoms with Crippen LogP contribution < -0.4 is 10.6 Å². The third kappa shape index (κ3) is 3.75. The van der Waals surface area contributed by atoms with E-state index in [2.05, 4.69) is 31.5 Å². The zero-order valence-corrected chi connectivity index (χ0v) is 12.7. The predicted octanol–water partition coefficient (Wildman–Crippen LogP) is 3.81. The first-order valence-electron chi connectivity index (χ1n) is 6.18. The fourth-order valence-corrected chi connectivity index (χ4v) is 1.96. The predicted molar refractivity (Wildman–Crippen MR) is 80.4 cm³/mol. The van der Waals surface area contributed by atoms with Crippen LogP contribution in [-0.2, 0) is 0 Å². The van der Waals surface area contributed by atoms with Crippen molar-refractivity contribution in [1.29, 1.82) is 0 Å². The summed E-state index contributed by atoms with van der Waals surface area (Å²) in [4.78, 5) is 16.1. The Balaban J connectivity index is 2.22. The summed E-state index contributed by atoms with van der Waals surface area (Å²) in [6.07, 6.45) is 0. The molecule has 2 aromatic rings. The van der Waals surface area contributed by atoms with Crippen LogP contribution in [0.2, 0.25) is 0 Å². The minimum absolute atomic E-state index is 0.00901. The van der Waals surface area contributed by atoms with Crippen LogP contribution in [0.5, 0.6) is 0 Å². The average Bonchev–Trinajstić information content (AvgIpc) is 2.45. The van der Waals surface area contributed by atoms with Crippen molar-refractivity contribution < 1.29 is 13.6 Å². The van der Waals surface area contributed by atoms with Gasteiger partial charge in [-0.1, -0.05) is 6.07 Å². The number of nitrogens with one attached hydrogen (secondary N) is 2. The van der Waals surface area contributed by atoms with Gasteiger partial charge in [0.2, 0.25) is 0 Å². The maximum Gasteiger partial charge on any atom is 0.274 e. The second kappa shape index (κ2) is 6.62. The van der Waals surface area contributed by atoms with E-state index in [0.29, 0.717) is 12.4 Å². The second-order valence-corrected chi connectivity index (χ2v) is 4.99. The van der Waals surface area contributed by atoms with E-state index in [0.717, 1.165) is 12.1 Å². The number of hydrogen-bond acceptors (Lipinski definition) is 3. The molecule has 1 aromatic carbocycles. The van der Waals surface area contributed by atoms with E-state index in [4.69, 9.17) is 0 Å². The lowest BCUT2D eigenvalue weighted by Gasteiger charge is -2.08. The molecule has 0 spiro atoms. The van der Waals surface area contributed by atoms with E-state index in [9.17, 15) is 13.6 Å². The highest BCUT2D eigenvalue weighted by atomic mass is 79.9. The summed E-state index contributed by atoms with van der Waals surface area (Å²) in [5, 5.41) is 5.26. The molecule has 2 N–H and O–H groups in total. The average molecular weight is 356 g/mol. The van der Waals surface area contributed by atoms with Crippen molar-refractivity contribution >= 4 is 33.3 Å². The molecular weight excluding hydrogens is 344 g/mol. The van der Waals surface area contributed by atoms with Crippen LogP contribution in [0.1, 0.15) is 17.4 Å². The van der Waals surface area contributed by atoms with Gasteiger partial charge in [-0.25, -0.2) is 13.8 Å². The summed E-state index contributed by atoms with van der Waals surface area (Å²) in [7, 11) is 0. The Labute approximate surface area is 128 Å². The Kier molecular flexibility index (Phi) is 4.85. The maximum absolute atomic E-state index is 13.7. The van der Waals surface area contributed by atoms with Gasteiger partial charge in [0.05, 0.1) is 10.2 Å². The number of halogens is 3. The van der Waals surface area contributed by atoms with Crippen molar-refractivity contribution in [1.82, 2.24) is 4.98 Å². The van der Waals surface area contributed by atoms with Crippen LogP contribution in [0.3, 0.4) is 0 Å². The monoisotopic (exact) mass is 355 g/mol. The Morgan fingerprint density at radius 3 is 2.76 bits per heavy atom. The molecule has 0 saturated carbocycles. The molecule has 0 saturated heterocycles. The highest BCUT2D eigenvalue weighted by molar-refractivity contribution is 9.10. The van der Waals surface area contributed by atoms with Gasteiger partial charge in [-0.3, -0.25) is 4.79 Å². The number of nitrogens with zero attached hydrogens (tertiary/aromatic N) is 1. The third-order valence-electron chi connectivity index (χ3n) is 2.60. The van der Waals surface area contributed by atoms with Crippen molar-refractivity contribution in [3.8, 4) is 0 Å². The van der Waals surface area contributed by atoms with E-state index in [1.165, 1.54) is 6.07 Å². The molecule has 0 atom stereocenters. The number of rotatable bonds is 4. The Morgan fingerprint density at radius 1 is 1.29 bits per heavy atom. The lowest BCUT2D eigenvalue weighted by atomic mass is 10.2. The standard InChI is InChI=1S/C14H12BrF2N3O/c1-2-18-13-5-3-4-11(19-13)14(21)20-12-7-9(16)8(15)6-10(12)17/h3-7H,2H2,1H3,(H,18,19)(H,20,21). The molecule has 0 aliphatic heterocycles. The summed E-state index contributed by atoms with van der Waals surface area (Å²) < 4.78 is 27.0. The SMILES string of the molecule is CCNc1cccc(C(=O)Nc2cc(F)c(Br)cc2F)n1. The summed E-state index contributed by atoms with van der Waals surface area (Å²) in [6.45, 7) is 2.55. The quantitative estimate of drug-likeness (QED) is 0.820. The first-order valence-corrected chi connectivity index (χ1v) is 6.97. The van der Waals surface area contributed by atoms with E-state index >= 15 is 0 Å². The number of carbonyl (C=O) groups is 1. The van der Waals surface area contributed by atoms with E-state index in [-0.39, 0.29) is 15.9 Å². The van der Waals surface area contributed by atoms with Crippen LogP contribution >= 0.6 is 15.9 Å². The molecule has 0 unspecified atom stereocenters. The van der Waals surface area contributed by atoms with Crippen LogP contribution in [0.15, 0.2) is 34.8 Å². The fourth-order valence-electron chi connectivity index (χ4n) is 1.65. The number of pyridine rings is 1. The van der Waals surface area contributed by atoms with E-state index in [1.54, 1.807) is 12.1 Å². The first-order chi connectivity index (χ1) is 10.0. The topological polar surface area (TPSA) is 54.0 Å². The molecule has 1 aromatic heterocycles. The van der Waals surface area contributed by atoms with Crippen LogP contribution in [0, 0.1) is 11.6 Å². The van der Waals surface area contributed by atoms with Gasteiger partial charge < -0.3 is 10.6 Å². The molecule has 1 amide bonds. The van der Waals surface area contributed by atoms with Crippen molar-refractivity contribution in [3.05, 3.63) is 52.1 Å². The summed E-state index contributed by atoms with van der Waals surface area (Å²) in [6, 6.07) is 6.71. The smallest absolute Gasteiger partial charge is 0.274 e. The molecule has 0 fully saturated rings. The summed E-state index contributed by atoms with van der Waals surface area (Å²) in [5.74, 6) is -1.48. The molecule has 0 aliphatic carbocycles. The number of anilines is 2. The Morgan fingerprint density at radius 2 is 2.05 bits per heavy atom. The Bertz CT molecular complexity index is 679. The number of aromatic nitrogens is 1. The van der Waals surface area contributed by atoms with Gasteiger partial charge in [0.1, 0.15) is 23.1 Å². The molecule has 0 bridgehead atoms. The number of carbonyl (C=O) groups excluding carboxylic acids is 1. The molecular formula is C14H12BrF2N3O. The van der Waals surface area contributed by atoms with Crippen molar-refractivity contribution in [2.75, 3.05) is 17.2 Å². The van der Waals surface area contributed by atoms with E-state index in [1.807, 2.05) is 6.92 Å². The van der Waals surface area contributed by atoms with Gasteiger partial charge in [0, 0.05) is 12.6 Å². The normalized spacial score (nSPS) is 10.3. The zero-order valence-electron chi connectivity index (χ0n) is 11.1. The van der Waals surface area contributed by atoms with Crippen molar-refractivity contribution in [2.24, 2.45) is 0 Å². The fraction of sp³-hybridized carbons (Fsp3) is 0.143. The first kappa shape index (κ1) is 15.4. The lowest BCUT2D eigenvalue weighted by Crippen LogP contribution is -2.15. The summed E-state index contributed by atoms with van der Waals surface area (Å²) in [5.41, 5.74) is -0.132. The highest BCUT2D eigenvalue weighted by Gasteiger charge is 2.13. The van der Waals surface area contributed by atoms with Gasteiger partial charge in [0.25, 0.3) is 5.91 Å². The highest BCUT2D eigenvalue weighted by Crippen LogP contribution is 2.23. The Hall–Kier alpha value is -2.02. The maximum atomic E-state index is 13.7. The number of amides is 1. The molecule has 0 aliphatic rings. The van der Waals surface area contributed by atoms with Gasteiger partial charge in [-0.05, 0) is 41.1 Å². The third-order valence-corrected chi connectivity index (χ3v) is 3.21. The van der Waals surface area contributed by atoms with E-state index < -0.39 is 17.5 Å². The second-order valence-electron chi connectivity index (χ2n) is 4.14. The van der Waals surface area contributed by atoms with Gasteiger partial charge in [-0.2, -0.15) is 0 Å². The molecule has 2 rings (SSSR count). The molecule has 7 heteroatoms. The largest absolute Gasteiger partial charge is 0.370 e. The number of hydrogen-bond donors (Lipinski definition) is 2. The molecule has 1 heterocycles. The molecule has 110 valence electrons. The minimum atomic E-state index is -0.737. The molecule has 0 radical (unpaired) electrons. The van der Waals surface area contributed by atoms with Crippen molar-refractivity contribution in [3.63, 3.8) is 0 Å². The molecule has 21 heavy (non-hydrogen) atoms.